The summed E-state index contributed by atoms with van der Waals surface area (Å²) in [6.07, 6.45) is 5.35. The van der Waals surface area contributed by atoms with Crippen LogP contribution in [0.5, 0.6) is 11.6 Å². The van der Waals surface area contributed by atoms with Gasteiger partial charge in [-0.15, -0.1) is 0 Å². The van der Waals surface area contributed by atoms with E-state index in [4.69, 9.17) is 9.47 Å². The average molecular weight is 872 g/mol. The van der Waals surface area contributed by atoms with Crippen molar-refractivity contribution in [3.63, 3.8) is 0 Å². The Morgan fingerprint density at radius 3 is 2.37 bits per heavy atom. The number of carbonyl (C=O) groups excluding carboxylic acids is 3. The second-order valence-electron chi connectivity index (χ2n) is 17.5. The molecule has 6 aromatic rings. The highest BCUT2D eigenvalue weighted by Gasteiger charge is 2.34. The number of amides is 3. The molecule has 13 heteroatoms. The summed E-state index contributed by atoms with van der Waals surface area (Å²) in [5, 5.41) is 20.1. The molecule has 0 saturated carbocycles. The fraction of sp³-hybridized carbons (Fsp3) is 0.327. The maximum absolute atomic E-state index is 15.1. The number of aromatic hydroxyl groups is 1. The molecule has 1 unspecified atom stereocenters. The average Bonchev–Trinajstić information content (AvgIpc) is 3.76. The third kappa shape index (κ3) is 8.37. The quantitative estimate of drug-likeness (QED) is 0.139. The Labute approximate surface area is 379 Å². The number of fused-ring (bicyclic) bond motifs is 2. The van der Waals surface area contributed by atoms with E-state index in [9.17, 15) is 15.2 Å². The van der Waals surface area contributed by atoms with E-state index in [-0.39, 0.29) is 42.0 Å². The van der Waals surface area contributed by atoms with Crippen molar-refractivity contribution in [1.82, 2.24) is 23.9 Å². The van der Waals surface area contributed by atoms with Crippen LogP contribution in [0.4, 0.5) is 11.4 Å². The standard InChI is InChI=1S/C52H53N7O6/c1-32-22-36-8-6-7-9-38(36)31-58(32)51(62)46-25-39-30-57(50(61)23-35-10-15-49(54-29-35)65-21-18-43-17-20-64-43)19-16-37(39)24-45(46)48-27-44(33(2)56(48)5)52(63)59(40-11-13-42(60)14-12-40)47-26-41(28-53)55(4)34(47)3/h6-15,24-27,29,32,43,60H,16-23,30-31H2,1-5H3/t32-,43?/m1/s1. The Bertz CT molecular complexity index is 2850. The zero-order valence-corrected chi connectivity index (χ0v) is 37.5. The summed E-state index contributed by atoms with van der Waals surface area (Å²) in [6, 6.07) is 28.1. The predicted molar refractivity (Wildman–Crippen MR) is 246 cm³/mol. The first kappa shape index (κ1) is 43.1. The molecule has 332 valence electrons. The summed E-state index contributed by atoms with van der Waals surface area (Å²) in [7, 11) is 3.69. The van der Waals surface area contributed by atoms with Crippen molar-refractivity contribution < 1.29 is 29.0 Å². The number of phenolic OH excluding ortho intramolecular Hbond substituents is 1. The fourth-order valence-corrected chi connectivity index (χ4v) is 9.29. The summed E-state index contributed by atoms with van der Waals surface area (Å²) in [5.74, 6) is 0.104. The number of hydrogen-bond donors (Lipinski definition) is 1. The van der Waals surface area contributed by atoms with Gasteiger partial charge in [-0.3, -0.25) is 19.3 Å². The highest BCUT2D eigenvalue weighted by molar-refractivity contribution is 6.13. The number of ether oxygens (including phenoxy) is 2. The van der Waals surface area contributed by atoms with Gasteiger partial charge in [-0.05, 0) is 116 Å². The van der Waals surface area contributed by atoms with Crippen LogP contribution in [0, 0.1) is 25.2 Å². The van der Waals surface area contributed by atoms with E-state index in [1.807, 2.05) is 65.6 Å². The summed E-state index contributed by atoms with van der Waals surface area (Å²) in [4.78, 5) is 53.8. The number of rotatable bonds is 11. The van der Waals surface area contributed by atoms with Gasteiger partial charge >= 0.3 is 0 Å². The minimum absolute atomic E-state index is 0.0265. The molecular formula is C52H53N7O6. The predicted octanol–water partition coefficient (Wildman–Crippen LogP) is 7.87. The number of nitrogens with zero attached hydrogens (tertiary/aromatic N) is 7. The van der Waals surface area contributed by atoms with E-state index in [1.165, 1.54) is 17.7 Å². The zero-order chi connectivity index (χ0) is 45.5. The number of benzene rings is 3. The van der Waals surface area contributed by atoms with Crippen LogP contribution in [0.2, 0.25) is 0 Å². The summed E-state index contributed by atoms with van der Waals surface area (Å²) >= 11 is 0. The topological polar surface area (TPSA) is 146 Å². The number of aromatic nitrogens is 3. The van der Waals surface area contributed by atoms with Crippen molar-refractivity contribution in [1.29, 1.82) is 5.26 Å². The molecule has 3 aliphatic rings. The number of anilines is 2. The molecule has 0 aliphatic carbocycles. The molecule has 65 heavy (non-hydrogen) atoms. The number of hydrogen-bond acceptors (Lipinski definition) is 8. The van der Waals surface area contributed by atoms with Gasteiger partial charge in [-0.2, -0.15) is 5.26 Å². The summed E-state index contributed by atoms with van der Waals surface area (Å²) in [6.45, 7) is 8.49. The van der Waals surface area contributed by atoms with Crippen LogP contribution in [-0.2, 0) is 56.0 Å². The lowest BCUT2D eigenvalue weighted by Crippen LogP contribution is -2.43. The van der Waals surface area contributed by atoms with Crippen LogP contribution in [-0.4, -0.2) is 78.7 Å². The third-order valence-corrected chi connectivity index (χ3v) is 13.6. The van der Waals surface area contributed by atoms with Gasteiger partial charge in [0, 0.05) is 99.0 Å². The molecule has 3 aromatic heterocycles. The first-order valence-electron chi connectivity index (χ1n) is 22.3. The zero-order valence-electron chi connectivity index (χ0n) is 37.5. The minimum Gasteiger partial charge on any atom is -0.508 e. The number of carbonyl (C=O) groups is 3. The van der Waals surface area contributed by atoms with E-state index in [0.29, 0.717) is 89.4 Å². The molecule has 0 spiro atoms. The molecule has 1 N–H and O–H groups in total. The second kappa shape index (κ2) is 17.8. The summed E-state index contributed by atoms with van der Waals surface area (Å²) < 4.78 is 15.0. The second-order valence-corrected chi connectivity index (χ2v) is 17.5. The maximum atomic E-state index is 15.1. The molecule has 0 radical (unpaired) electrons. The van der Waals surface area contributed by atoms with Crippen molar-refractivity contribution in [2.45, 2.75) is 78.1 Å². The van der Waals surface area contributed by atoms with E-state index in [0.717, 1.165) is 48.1 Å². The normalized spacial score (nSPS) is 16.6. The largest absolute Gasteiger partial charge is 0.508 e. The molecule has 9 rings (SSSR count). The molecular weight excluding hydrogens is 819 g/mol. The van der Waals surface area contributed by atoms with Gasteiger partial charge in [0.2, 0.25) is 11.8 Å². The van der Waals surface area contributed by atoms with Crippen molar-refractivity contribution in [3.8, 4) is 29.0 Å². The smallest absolute Gasteiger partial charge is 0.264 e. The molecule has 1 saturated heterocycles. The van der Waals surface area contributed by atoms with Gasteiger partial charge in [0.25, 0.3) is 11.8 Å². The lowest BCUT2D eigenvalue weighted by Gasteiger charge is -2.36. The first-order valence-corrected chi connectivity index (χ1v) is 22.3. The van der Waals surface area contributed by atoms with Gasteiger partial charge in [-0.25, -0.2) is 4.98 Å². The molecule has 13 nitrogen and oxygen atoms in total. The Morgan fingerprint density at radius 2 is 1.68 bits per heavy atom. The highest BCUT2D eigenvalue weighted by atomic mass is 16.5. The Hall–Kier alpha value is -7.17. The molecule has 3 aliphatic heterocycles. The van der Waals surface area contributed by atoms with Crippen molar-refractivity contribution in [3.05, 3.63) is 147 Å². The van der Waals surface area contributed by atoms with E-state index >= 15 is 9.59 Å². The van der Waals surface area contributed by atoms with Gasteiger partial charge in [0.1, 0.15) is 17.5 Å². The van der Waals surface area contributed by atoms with Crippen LogP contribution < -0.4 is 9.64 Å². The Balaban J connectivity index is 1.05. The maximum Gasteiger partial charge on any atom is 0.264 e. The lowest BCUT2D eigenvalue weighted by atomic mass is 9.89. The molecule has 1 fully saturated rings. The Morgan fingerprint density at radius 1 is 0.908 bits per heavy atom. The third-order valence-electron chi connectivity index (χ3n) is 13.6. The highest BCUT2D eigenvalue weighted by Crippen LogP contribution is 2.38. The van der Waals surface area contributed by atoms with E-state index in [1.54, 1.807) is 47.0 Å². The minimum atomic E-state index is -0.328. The molecule has 2 atom stereocenters. The SMILES string of the molecule is Cc1c(N(C(=O)c2cc(-c3cc4c(cc3C(=O)N3Cc5ccccc5C[C@H]3C)CN(C(=O)Cc3ccc(OCCC5CCO5)nc3)CC4)n(C)c2C)c2ccc(O)cc2)cc(C#N)n1C. The number of nitriles is 1. The van der Waals surface area contributed by atoms with Crippen molar-refractivity contribution in [2.24, 2.45) is 14.1 Å². The Kier molecular flexibility index (Phi) is 11.8. The van der Waals surface area contributed by atoms with Crippen LogP contribution in [0.3, 0.4) is 0 Å². The van der Waals surface area contributed by atoms with Crippen molar-refractivity contribution in [2.75, 3.05) is 24.7 Å². The van der Waals surface area contributed by atoms with Gasteiger partial charge in [0.05, 0.1) is 30.4 Å². The van der Waals surface area contributed by atoms with Crippen LogP contribution in [0.25, 0.3) is 11.3 Å². The van der Waals surface area contributed by atoms with Crippen LogP contribution in [0.1, 0.15) is 85.4 Å². The van der Waals surface area contributed by atoms with E-state index < -0.39 is 0 Å². The molecule has 0 bridgehead atoms. The van der Waals surface area contributed by atoms with Crippen molar-refractivity contribution >= 4 is 29.1 Å². The van der Waals surface area contributed by atoms with Gasteiger partial charge < -0.3 is 33.5 Å². The van der Waals surface area contributed by atoms with E-state index in [2.05, 4.69) is 36.2 Å². The number of pyridine rings is 1. The molecule has 3 aromatic carbocycles. The van der Waals surface area contributed by atoms with Crippen LogP contribution in [0.15, 0.2) is 91.1 Å². The van der Waals surface area contributed by atoms with Gasteiger partial charge in [0.15, 0.2) is 0 Å². The first-order chi connectivity index (χ1) is 31.4. The van der Waals surface area contributed by atoms with Crippen LogP contribution >= 0.6 is 0 Å². The summed E-state index contributed by atoms with van der Waals surface area (Å²) in [5.41, 5.74) is 10.3. The lowest BCUT2D eigenvalue weighted by molar-refractivity contribution is -0.131. The van der Waals surface area contributed by atoms with Gasteiger partial charge in [-0.1, -0.05) is 30.3 Å². The molecule has 3 amide bonds. The fourth-order valence-electron chi connectivity index (χ4n) is 9.29. The monoisotopic (exact) mass is 871 g/mol. The number of phenols is 1. The molecule has 6 heterocycles.